The van der Waals surface area contributed by atoms with Gasteiger partial charge in [0.05, 0.1) is 17.7 Å². The molecule has 1 aliphatic rings. The third kappa shape index (κ3) is 3.98. The van der Waals surface area contributed by atoms with E-state index < -0.39 is 0 Å². The molecule has 1 aliphatic heterocycles. The lowest BCUT2D eigenvalue weighted by atomic mass is 10.1. The van der Waals surface area contributed by atoms with Crippen molar-refractivity contribution >= 4 is 17.7 Å². The van der Waals surface area contributed by atoms with E-state index in [4.69, 9.17) is 4.52 Å². The molecule has 0 aliphatic carbocycles. The lowest BCUT2D eigenvalue weighted by molar-refractivity contribution is 0.0642. The summed E-state index contributed by atoms with van der Waals surface area (Å²) in [5, 5.41) is 6.58. The fourth-order valence-corrected chi connectivity index (χ4v) is 3.36. The second-order valence-electron chi connectivity index (χ2n) is 7.04. The van der Waals surface area contributed by atoms with Crippen LogP contribution >= 0.6 is 0 Å². The Morgan fingerprint density at radius 1 is 1.07 bits per heavy atom. The minimum Gasteiger partial charge on any atom is -0.352 e. The maximum atomic E-state index is 12.5. The Bertz CT molecular complexity index is 1090. The van der Waals surface area contributed by atoms with Gasteiger partial charge in [-0.2, -0.15) is 4.98 Å². The number of carbonyl (C=O) groups is 3. The van der Waals surface area contributed by atoms with Crippen LogP contribution in [0.3, 0.4) is 0 Å². The van der Waals surface area contributed by atoms with E-state index in [0.29, 0.717) is 53.4 Å². The van der Waals surface area contributed by atoms with Crippen molar-refractivity contribution in [3.8, 4) is 0 Å². The van der Waals surface area contributed by atoms with E-state index in [0.717, 1.165) is 0 Å². The molecule has 1 N–H and O–H groups in total. The molecule has 0 radical (unpaired) electrons. The van der Waals surface area contributed by atoms with E-state index in [1.165, 1.54) is 4.90 Å². The van der Waals surface area contributed by atoms with Gasteiger partial charge < -0.3 is 9.84 Å². The lowest BCUT2D eigenvalue weighted by Gasteiger charge is -2.14. The summed E-state index contributed by atoms with van der Waals surface area (Å²) in [5.41, 5.74) is 2.00. The number of amides is 3. The first-order valence-electron chi connectivity index (χ1n) is 9.64. The van der Waals surface area contributed by atoms with Crippen molar-refractivity contribution in [2.45, 2.75) is 26.3 Å². The van der Waals surface area contributed by atoms with Gasteiger partial charge in [0.25, 0.3) is 17.7 Å². The maximum Gasteiger partial charge on any atom is 0.261 e. The highest BCUT2D eigenvalue weighted by Gasteiger charge is 2.34. The van der Waals surface area contributed by atoms with Crippen LogP contribution in [-0.4, -0.2) is 39.3 Å². The molecule has 4 rings (SSSR count). The third-order valence-electron chi connectivity index (χ3n) is 4.83. The number of aryl methyl sites for hydroxylation is 2. The van der Waals surface area contributed by atoms with Crippen LogP contribution in [0.1, 0.15) is 54.8 Å². The second-order valence-corrected chi connectivity index (χ2v) is 7.04. The topological polar surface area (TPSA) is 105 Å². The van der Waals surface area contributed by atoms with Crippen molar-refractivity contribution in [3.05, 3.63) is 82.5 Å². The predicted molar refractivity (Wildman–Crippen MR) is 107 cm³/mol. The molecule has 2 heterocycles. The molecule has 1 aromatic heterocycles. The second kappa shape index (κ2) is 8.28. The van der Waals surface area contributed by atoms with E-state index in [2.05, 4.69) is 15.5 Å². The molecular formula is C22H20N4O4. The number of hydrogen-bond donors (Lipinski definition) is 1. The molecular weight excluding hydrogens is 384 g/mol. The Hall–Kier alpha value is -3.81. The first-order chi connectivity index (χ1) is 14.5. The fourth-order valence-electron chi connectivity index (χ4n) is 3.36. The summed E-state index contributed by atoms with van der Waals surface area (Å²) in [6, 6.07) is 13.7. The van der Waals surface area contributed by atoms with Gasteiger partial charge in [0, 0.05) is 18.5 Å². The highest BCUT2D eigenvalue weighted by atomic mass is 16.5. The number of carbonyl (C=O) groups excluding carboxylic acids is 3. The number of fused-ring (bicyclic) bond motifs is 1. The van der Waals surface area contributed by atoms with Crippen molar-refractivity contribution in [2.24, 2.45) is 0 Å². The largest absolute Gasteiger partial charge is 0.352 e. The predicted octanol–water partition coefficient (Wildman–Crippen LogP) is 2.54. The summed E-state index contributed by atoms with van der Waals surface area (Å²) >= 11 is 0. The smallest absolute Gasteiger partial charge is 0.261 e. The number of imide groups is 1. The van der Waals surface area contributed by atoms with Crippen LogP contribution in [0.4, 0.5) is 0 Å². The van der Waals surface area contributed by atoms with Crippen molar-refractivity contribution in [1.82, 2.24) is 20.4 Å². The Kier molecular flexibility index (Phi) is 5.38. The third-order valence-corrected chi connectivity index (χ3v) is 4.83. The molecule has 30 heavy (non-hydrogen) atoms. The number of benzene rings is 2. The first kappa shape index (κ1) is 19.5. The molecule has 3 amide bonds. The van der Waals surface area contributed by atoms with Crippen LogP contribution in [0.25, 0.3) is 0 Å². The average molecular weight is 404 g/mol. The van der Waals surface area contributed by atoms with Gasteiger partial charge in [0.1, 0.15) is 0 Å². The SMILES string of the molecule is Cc1noc(CCCNC(=O)c2cccc(CN3C(=O)c4ccccc4C3=O)c2)n1. The summed E-state index contributed by atoms with van der Waals surface area (Å²) in [7, 11) is 0. The molecule has 0 saturated heterocycles. The Balaban J connectivity index is 1.35. The van der Waals surface area contributed by atoms with Crippen molar-refractivity contribution < 1.29 is 18.9 Å². The Morgan fingerprint density at radius 2 is 1.80 bits per heavy atom. The molecule has 0 atom stereocenters. The molecule has 0 saturated carbocycles. The Morgan fingerprint density at radius 3 is 2.47 bits per heavy atom. The van der Waals surface area contributed by atoms with E-state index in [-0.39, 0.29) is 24.3 Å². The van der Waals surface area contributed by atoms with Gasteiger partial charge in [-0.3, -0.25) is 19.3 Å². The number of rotatable bonds is 7. The maximum absolute atomic E-state index is 12.5. The van der Waals surface area contributed by atoms with Gasteiger partial charge in [0.2, 0.25) is 5.89 Å². The molecule has 8 heteroatoms. The molecule has 0 unspecified atom stereocenters. The van der Waals surface area contributed by atoms with E-state index in [9.17, 15) is 14.4 Å². The summed E-state index contributed by atoms with van der Waals surface area (Å²) in [4.78, 5) is 42.8. The van der Waals surface area contributed by atoms with Crippen molar-refractivity contribution in [2.75, 3.05) is 6.54 Å². The van der Waals surface area contributed by atoms with Crippen molar-refractivity contribution in [3.63, 3.8) is 0 Å². The summed E-state index contributed by atoms with van der Waals surface area (Å²) in [6.45, 7) is 2.33. The zero-order valence-corrected chi connectivity index (χ0v) is 16.4. The number of hydrogen-bond acceptors (Lipinski definition) is 6. The standard InChI is InChI=1S/C22H20N4O4/c1-14-24-19(30-25-14)10-5-11-23-20(27)16-7-4-6-15(12-16)13-26-21(28)17-8-2-3-9-18(17)22(26)29/h2-4,6-9,12H,5,10-11,13H2,1H3,(H,23,27). The molecule has 152 valence electrons. The summed E-state index contributed by atoms with van der Waals surface area (Å²) < 4.78 is 5.04. The van der Waals surface area contributed by atoms with Gasteiger partial charge >= 0.3 is 0 Å². The normalized spacial score (nSPS) is 12.9. The van der Waals surface area contributed by atoms with Gasteiger partial charge in [0.15, 0.2) is 5.82 Å². The number of nitrogens with zero attached hydrogens (tertiary/aromatic N) is 3. The van der Waals surface area contributed by atoms with Crippen LogP contribution in [0, 0.1) is 6.92 Å². The van der Waals surface area contributed by atoms with E-state index in [1.54, 1.807) is 55.5 Å². The van der Waals surface area contributed by atoms with Crippen LogP contribution in [-0.2, 0) is 13.0 Å². The summed E-state index contributed by atoms with van der Waals surface area (Å²) in [5.74, 6) is 0.276. The monoisotopic (exact) mass is 404 g/mol. The minimum absolute atomic E-state index is 0.115. The fraction of sp³-hybridized carbons (Fsp3) is 0.227. The summed E-state index contributed by atoms with van der Waals surface area (Å²) in [6.07, 6.45) is 1.25. The zero-order chi connectivity index (χ0) is 21.1. The lowest BCUT2D eigenvalue weighted by Crippen LogP contribution is -2.29. The first-order valence-corrected chi connectivity index (χ1v) is 9.64. The van der Waals surface area contributed by atoms with E-state index >= 15 is 0 Å². The van der Waals surface area contributed by atoms with Crippen LogP contribution in [0.5, 0.6) is 0 Å². The molecule has 2 aromatic carbocycles. The quantitative estimate of drug-likeness (QED) is 0.479. The van der Waals surface area contributed by atoms with Gasteiger partial charge in [-0.05, 0) is 43.2 Å². The Labute approximate surface area is 172 Å². The zero-order valence-electron chi connectivity index (χ0n) is 16.4. The van der Waals surface area contributed by atoms with Gasteiger partial charge in [-0.25, -0.2) is 0 Å². The van der Waals surface area contributed by atoms with Crippen molar-refractivity contribution in [1.29, 1.82) is 0 Å². The average Bonchev–Trinajstić information content (AvgIpc) is 3.28. The van der Waals surface area contributed by atoms with Gasteiger partial charge in [-0.1, -0.05) is 29.4 Å². The minimum atomic E-state index is -0.318. The van der Waals surface area contributed by atoms with Crippen LogP contribution < -0.4 is 5.32 Å². The molecule has 8 nitrogen and oxygen atoms in total. The molecule has 0 spiro atoms. The number of aromatic nitrogens is 2. The highest BCUT2D eigenvalue weighted by Crippen LogP contribution is 2.24. The molecule has 0 bridgehead atoms. The molecule has 0 fully saturated rings. The molecule has 3 aromatic rings. The van der Waals surface area contributed by atoms with Gasteiger partial charge in [-0.15, -0.1) is 0 Å². The van der Waals surface area contributed by atoms with Crippen LogP contribution in [0.15, 0.2) is 53.1 Å². The highest BCUT2D eigenvalue weighted by molar-refractivity contribution is 6.21. The van der Waals surface area contributed by atoms with E-state index in [1.807, 2.05) is 0 Å². The van der Waals surface area contributed by atoms with Crippen LogP contribution in [0.2, 0.25) is 0 Å². The number of nitrogens with one attached hydrogen (secondary N) is 1.